The van der Waals surface area contributed by atoms with Gasteiger partial charge in [0.1, 0.15) is 17.6 Å². The van der Waals surface area contributed by atoms with Crippen LogP contribution in [0.2, 0.25) is 0 Å². The first-order valence-electron chi connectivity index (χ1n) is 12.2. The number of ether oxygens (including phenoxy) is 2. The molecule has 2 aliphatic heterocycles. The molecular weight excluding hydrogens is 488 g/mol. The van der Waals surface area contributed by atoms with Crippen molar-refractivity contribution in [1.29, 1.82) is 0 Å². The van der Waals surface area contributed by atoms with E-state index in [1.165, 1.54) is 0 Å². The molecule has 0 amide bonds. The lowest BCUT2D eigenvalue weighted by atomic mass is 9.87. The van der Waals surface area contributed by atoms with Gasteiger partial charge >= 0.3 is 5.97 Å². The number of thioether (sulfide) groups is 1. The maximum absolute atomic E-state index is 12.9. The van der Waals surface area contributed by atoms with Gasteiger partial charge in [0.2, 0.25) is 0 Å². The Kier molecular flexibility index (Phi) is 9.56. The van der Waals surface area contributed by atoms with Crippen LogP contribution in [0.3, 0.4) is 0 Å². The smallest absolute Gasteiger partial charge is 0.309 e. The Morgan fingerprint density at radius 2 is 2.03 bits per heavy atom. The molecule has 0 aliphatic carbocycles. The first-order valence-corrected chi connectivity index (χ1v) is 13.9. The molecule has 0 bridgehead atoms. The molecule has 0 radical (unpaired) electrons. The van der Waals surface area contributed by atoms with Crippen LogP contribution in [0.15, 0.2) is 11.0 Å². The van der Waals surface area contributed by atoms with Crippen molar-refractivity contribution in [2.45, 2.75) is 95.7 Å². The SMILES string of the molecule is CNC1C(C(C)=Cc2csc(C)n2)OC(=O)CC(O)SC(=O)C(C)C(O)C(C)CCCC2(C)OC12. The van der Waals surface area contributed by atoms with Crippen molar-refractivity contribution in [3.05, 3.63) is 21.7 Å². The largest absolute Gasteiger partial charge is 0.456 e. The van der Waals surface area contributed by atoms with Gasteiger partial charge in [-0.1, -0.05) is 32.0 Å². The van der Waals surface area contributed by atoms with Gasteiger partial charge < -0.3 is 25.0 Å². The fourth-order valence-electron chi connectivity index (χ4n) is 4.78. The molecule has 2 fully saturated rings. The second-order valence-corrected chi connectivity index (χ2v) is 12.2. The number of hydrogen-bond acceptors (Lipinski definition) is 10. The van der Waals surface area contributed by atoms with Crippen molar-refractivity contribution in [2.24, 2.45) is 11.8 Å². The Labute approximate surface area is 215 Å². The van der Waals surface area contributed by atoms with E-state index in [1.54, 1.807) is 18.3 Å². The zero-order valence-corrected chi connectivity index (χ0v) is 22.9. The number of aliphatic hydroxyl groups excluding tert-OH is 2. The molecule has 35 heavy (non-hydrogen) atoms. The van der Waals surface area contributed by atoms with Crippen LogP contribution in [0.4, 0.5) is 0 Å². The number of fused-ring (bicyclic) bond motifs is 1. The van der Waals surface area contributed by atoms with Gasteiger partial charge in [-0.05, 0) is 58.2 Å². The summed E-state index contributed by atoms with van der Waals surface area (Å²) in [6.07, 6.45) is 2.31. The molecule has 1 aromatic rings. The third kappa shape index (κ3) is 7.14. The number of thiazole rings is 1. The summed E-state index contributed by atoms with van der Waals surface area (Å²) < 4.78 is 12.1. The van der Waals surface area contributed by atoms with Crippen LogP contribution in [0, 0.1) is 18.8 Å². The van der Waals surface area contributed by atoms with Gasteiger partial charge in [0.15, 0.2) is 5.12 Å². The molecule has 196 valence electrons. The van der Waals surface area contributed by atoms with Gasteiger partial charge in [0.05, 0.1) is 40.8 Å². The van der Waals surface area contributed by atoms with Gasteiger partial charge in [-0.15, -0.1) is 11.3 Å². The Morgan fingerprint density at radius 3 is 2.66 bits per heavy atom. The quantitative estimate of drug-likeness (QED) is 0.402. The summed E-state index contributed by atoms with van der Waals surface area (Å²) in [4.78, 5) is 30.0. The number of rotatable bonds is 3. The van der Waals surface area contributed by atoms with Gasteiger partial charge in [0.25, 0.3) is 0 Å². The molecule has 8 atom stereocenters. The number of esters is 1. The molecule has 2 saturated heterocycles. The summed E-state index contributed by atoms with van der Waals surface area (Å²) in [5, 5.41) is 26.9. The molecule has 8 unspecified atom stereocenters. The summed E-state index contributed by atoms with van der Waals surface area (Å²) >= 11 is 2.22. The summed E-state index contributed by atoms with van der Waals surface area (Å²) in [6, 6.07) is -0.303. The minimum atomic E-state index is -1.26. The highest BCUT2D eigenvalue weighted by molar-refractivity contribution is 8.14. The van der Waals surface area contributed by atoms with Crippen molar-refractivity contribution in [3.8, 4) is 0 Å². The molecule has 0 spiro atoms. The van der Waals surface area contributed by atoms with Crippen molar-refractivity contribution in [3.63, 3.8) is 0 Å². The Hall–Kier alpha value is -1.30. The number of likely N-dealkylation sites (N-methyl/N-ethyl adjacent to an activating group) is 1. The van der Waals surface area contributed by atoms with E-state index < -0.39 is 29.5 Å². The highest BCUT2D eigenvalue weighted by atomic mass is 32.2. The maximum Gasteiger partial charge on any atom is 0.309 e. The Bertz CT molecular complexity index is 937. The molecule has 3 N–H and O–H groups in total. The van der Waals surface area contributed by atoms with Crippen LogP contribution in [-0.4, -0.2) is 68.7 Å². The van der Waals surface area contributed by atoms with E-state index in [9.17, 15) is 19.8 Å². The number of hydrogen-bond donors (Lipinski definition) is 3. The van der Waals surface area contributed by atoms with E-state index in [2.05, 4.69) is 17.2 Å². The zero-order chi connectivity index (χ0) is 25.9. The van der Waals surface area contributed by atoms with Crippen LogP contribution in [0.25, 0.3) is 6.08 Å². The summed E-state index contributed by atoms with van der Waals surface area (Å²) in [5.41, 5.74) is -0.0285. The first kappa shape index (κ1) is 28.3. The Balaban J connectivity index is 1.88. The lowest BCUT2D eigenvalue weighted by Crippen LogP contribution is -2.47. The van der Waals surface area contributed by atoms with E-state index in [4.69, 9.17) is 9.47 Å². The fourth-order valence-corrected chi connectivity index (χ4v) is 6.19. The number of carbonyl (C=O) groups excluding carboxylic acids is 2. The standard InChI is InChI=1S/C25H38N2O6S2/c1-13-8-7-9-25(5)23(33-25)20(26-6)22(14(2)10-17-12-34-16(4)27-17)32-18(28)11-19(29)35-24(31)15(3)21(13)30/h10,12-13,15,19-23,26,29-30H,7-9,11H2,1-6H3. The third-order valence-electron chi connectivity index (χ3n) is 7.04. The average Bonchev–Trinajstić information content (AvgIpc) is 3.26. The predicted octanol–water partition coefficient (Wildman–Crippen LogP) is 3.30. The lowest BCUT2D eigenvalue weighted by Gasteiger charge is -2.28. The fraction of sp³-hybridized carbons (Fsp3) is 0.720. The van der Waals surface area contributed by atoms with E-state index in [1.807, 2.05) is 39.3 Å². The van der Waals surface area contributed by atoms with Crippen LogP contribution in [0.5, 0.6) is 0 Å². The zero-order valence-electron chi connectivity index (χ0n) is 21.3. The minimum Gasteiger partial charge on any atom is -0.456 e. The van der Waals surface area contributed by atoms with Gasteiger partial charge in [-0.25, -0.2) is 4.98 Å². The van der Waals surface area contributed by atoms with E-state index in [0.717, 1.165) is 35.5 Å². The van der Waals surface area contributed by atoms with E-state index >= 15 is 0 Å². The predicted molar refractivity (Wildman–Crippen MR) is 138 cm³/mol. The number of cyclic esters (lactones) is 1. The lowest BCUT2D eigenvalue weighted by molar-refractivity contribution is -0.149. The van der Waals surface area contributed by atoms with Crippen molar-refractivity contribution in [1.82, 2.24) is 10.3 Å². The van der Waals surface area contributed by atoms with E-state index in [0.29, 0.717) is 11.8 Å². The molecule has 10 heteroatoms. The maximum atomic E-state index is 12.9. The number of nitrogens with one attached hydrogen (secondary N) is 1. The van der Waals surface area contributed by atoms with Gasteiger partial charge in [-0.2, -0.15) is 0 Å². The van der Waals surface area contributed by atoms with Crippen LogP contribution in [0.1, 0.15) is 64.1 Å². The van der Waals surface area contributed by atoms with Crippen LogP contribution >= 0.6 is 23.1 Å². The molecule has 0 saturated carbocycles. The number of aromatic nitrogens is 1. The first-order chi connectivity index (χ1) is 16.4. The molecule has 8 nitrogen and oxygen atoms in total. The number of nitrogens with zero attached hydrogens (tertiary/aromatic N) is 1. The molecular formula is C25H38N2O6S2. The molecule has 2 aliphatic rings. The highest BCUT2D eigenvalue weighted by Gasteiger charge is 2.57. The number of epoxide rings is 1. The normalized spacial score (nSPS) is 38.1. The average molecular weight is 527 g/mol. The minimum absolute atomic E-state index is 0.0787. The second-order valence-electron chi connectivity index (χ2n) is 10.0. The third-order valence-corrected chi connectivity index (χ3v) is 8.87. The molecule has 0 aromatic carbocycles. The summed E-state index contributed by atoms with van der Waals surface area (Å²) in [5.74, 6) is -1.34. The molecule has 3 heterocycles. The van der Waals surface area contributed by atoms with Gasteiger partial charge in [0, 0.05) is 5.38 Å². The van der Waals surface area contributed by atoms with Gasteiger partial charge in [-0.3, -0.25) is 9.59 Å². The molecule has 1 aromatic heterocycles. The van der Waals surface area contributed by atoms with Crippen molar-refractivity contribution < 1.29 is 29.3 Å². The van der Waals surface area contributed by atoms with Crippen molar-refractivity contribution >= 4 is 40.3 Å². The topological polar surface area (TPSA) is 121 Å². The number of carbonyl (C=O) groups is 2. The Morgan fingerprint density at radius 1 is 1.31 bits per heavy atom. The summed E-state index contributed by atoms with van der Waals surface area (Å²) in [6.45, 7) is 9.48. The highest BCUT2D eigenvalue weighted by Crippen LogP contribution is 2.45. The molecule has 3 rings (SSSR count). The van der Waals surface area contributed by atoms with Crippen LogP contribution in [-0.2, 0) is 19.1 Å². The summed E-state index contributed by atoms with van der Waals surface area (Å²) in [7, 11) is 1.81. The second kappa shape index (κ2) is 11.8. The number of aliphatic hydroxyl groups is 2. The monoisotopic (exact) mass is 526 g/mol. The number of aryl methyl sites for hydroxylation is 1. The van der Waals surface area contributed by atoms with Crippen LogP contribution < -0.4 is 5.32 Å². The van der Waals surface area contributed by atoms with Crippen molar-refractivity contribution in [2.75, 3.05) is 7.05 Å². The van der Waals surface area contributed by atoms with E-state index in [-0.39, 0.29) is 35.2 Å².